The first kappa shape index (κ1) is 18.5. The van der Waals surface area contributed by atoms with Gasteiger partial charge < -0.3 is 14.7 Å². The van der Waals surface area contributed by atoms with Crippen LogP contribution in [-0.4, -0.2) is 47.2 Å². The summed E-state index contributed by atoms with van der Waals surface area (Å²) in [4.78, 5) is 18.1. The fraction of sp³-hybridized carbons (Fsp3) is 0.500. The second-order valence-corrected chi connectivity index (χ2v) is 8.13. The zero-order valence-corrected chi connectivity index (χ0v) is 15.9. The van der Waals surface area contributed by atoms with Crippen LogP contribution in [0.4, 0.5) is 4.39 Å². The Labute approximate surface area is 161 Å². The molecular weight excluding hydrogens is 367 g/mol. The van der Waals surface area contributed by atoms with Gasteiger partial charge in [0.1, 0.15) is 5.82 Å². The molecule has 0 bridgehead atoms. The SMILES string of the molecule is O=C(O)C(Cc1cscn1)CN1CCC2(CC1)OCCc1ccc(F)cc12. The summed E-state index contributed by atoms with van der Waals surface area (Å²) in [6.45, 7) is 2.65. The fourth-order valence-electron chi connectivity index (χ4n) is 4.27. The zero-order chi connectivity index (χ0) is 18.9. The van der Waals surface area contributed by atoms with E-state index in [4.69, 9.17) is 4.74 Å². The van der Waals surface area contributed by atoms with Gasteiger partial charge in [-0.2, -0.15) is 0 Å². The summed E-state index contributed by atoms with van der Waals surface area (Å²) in [6, 6.07) is 5.00. The molecular formula is C20H23FN2O3S. The van der Waals surface area contributed by atoms with Gasteiger partial charge in [0.05, 0.1) is 29.3 Å². The van der Waals surface area contributed by atoms with E-state index in [0.29, 0.717) is 19.6 Å². The van der Waals surface area contributed by atoms with Crippen LogP contribution in [0.2, 0.25) is 0 Å². The van der Waals surface area contributed by atoms with Crippen LogP contribution >= 0.6 is 11.3 Å². The van der Waals surface area contributed by atoms with Gasteiger partial charge in [-0.3, -0.25) is 4.79 Å². The molecule has 0 amide bonds. The van der Waals surface area contributed by atoms with Crippen molar-refractivity contribution in [3.05, 3.63) is 51.7 Å². The van der Waals surface area contributed by atoms with E-state index < -0.39 is 17.5 Å². The van der Waals surface area contributed by atoms with E-state index in [0.717, 1.165) is 43.6 Å². The summed E-state index contributed by atoms with van der Waals surface area (Å²) < 4.78 is 20.0. The number of benzene rings is 1. The van der Waals surface area contributed by atoms with Crippen molar-refractivity contribution in [2.75, 3.05) is 26.2 Å². The molecule has 0 saturated carbocycles. The molecule has 7 heteroatoms. The normalized spacial score (nSPS) is 20.3. The van der Waals surface area contributed by atoms with Crippen molar-refractivity contribution in [2.45, 2.75) is 31.3 Å². The molecule has 1 spiro atoms. The van der Waals surface area contributed by atoms with Crippen molar-refractivity contribution < 1.29 is 19.0 Å². The molecule has 2 aliphatic rings. The van der Waals surface area contributed by atoms with Crippen molar-refractivity contribution >= 4 is 17.3 Å². The number of rotatable bonds is 5. The first-order valence-corrected chi connectivity index (χ1v) is 10.3. The number of aromatic nitrogens is 1. The monoisotopic (exact) mass is 390 g/mol. The predicted octanol–water partition coefficient (Wildman–Crippen LogP) is 3.09. The van der Waals surface area contributed by atoms with Crippen molar-refractivity contribution in [1.29, 1.82) is 0 Å². The van der Waals surface area contributed by atoms with Crippen LogP contribution in [0.15, 0.2) is 29.1 Å². The highest BCUT2D eigenvalue weighted by atomic mass is 32.1. The average molecular weight is 390 g/mol. The maximum atomic E-state index is 13.8. The molecule has 1 N–H and O–H groups in total. The number of nitrogens with zero attached hydrogens (tertiary/aromatic N) is 2. The Morgan fingerprint density at radius 1 is 1.41 bits per heavy atom. The van der Waals surface area contributed by atoms with E-state index in [1.807, 2.05) is 11.4 Å². The van der Waals surface area contributed by atoms with Crippen LogP contribution in [0, 0.1) is 11.7 Å². The second kappa shape index (κ2) is 7.66. The van der Waals surface area contributed by atoms with E-state index in [-0.39, 0.29) is 5.82 Å². The topological polar surface area (TPSA) is 62.7 Å². The number of carboxylic acids is 1. The van der Waals surface area contributed by atoms with E-state index in [1.54, 1.807) is 11.6 Å². The number of likely N-dealkylation sites (tertiary alicyclic amines) is 1. The lowest BCUT2D eigenvalue weighted by atomic mass is 9.79. The minimum Gasteiger partial charge on any atom is -0.481 e. The van der Waals surface area contributed by atoms with Gasteiger partial charge in [0.25, 0.3) is 0 Å². The van der Waals surface area contributed by atoms with Gasteiger partial charge in [-0.25, -0.2) is 9.37 Å². The third-order valence-electron chi connectivity index (χ3n) is 5.74. The van der Waals surface area contributed by atoms with Gasteiger partial charge in [0.15, 0.2) is 0 Å². The maximum absolute atomic E-state index is 13.8. The summed E-state index contributed by atoms with van der Waals surface area (Å²) in [6.07, 6.45) is 2.78. The van der Waals surface area contributed by atoms with Gasteiger partial charge in [0, 0.05) is 31.4 Å². The first-order valence-electron chi connectivity index (χ1n) is 9.31. The third-order valence-corrected chi connectivity index (χ3v) is 6.38. The molecule has 2 aliphatic heterocycles. The smallest absolute Gasteiger partial charge is 0.308 e. The number of carboxylic acid groups (broad SMARTS) is 1. The van der Waals surface area contributed by atoms with Gasteiger partial charge in [0.2, 0.25) is 0 Å². The quantitative estimate of drug-likeness (QED) is 0.850. The Kier molecular flexibility index (Phi) is 5.25. The van der Waals surface area contributed by atoms with Crippen molar-refractivity contribution in [2.24, 2.45) is 5.92 Å². The Morgan fingerprint density at radius 2 is 2.22 bits per heavy atom. The molecule has 0 radical (unpaired) electrons. The summed E-state index contributed by atoms with van der Waals surface area (Å²) >= 11 is 1.48. The van der Waals surface area contributed by atoms with Crippen LogP contribution in [0.1, 0.15) is 29.7 Å². The number of carbonyl (C=O) groups is 1. The van der Waals surface area contributed by atoms with Gasteiger partial charge in [-0.15, -0.1) is 11.3 Å². The highest BCUT2D eigenvalue weighted by Gasteiger charge is 2.41. The largest absolute Gasteiger partial charge is 0.481 e. The maximum Gasteiger partial charge on any atom is 0.308 e. The van der Waals surface area contributed by atoms with E-state index in [2.05, 4.69) is 9.88 Å². The number of aliphatic carboxylic acids is 1. The summed E-state index contributed by atoms with van der Waals surface area (Å²) in [5, 5.41) is 11.5. The number of hydrogen-bond acceptors (Lipinski definition) is 5. The molecule has 2 aromatic rings. The zero-order valence-electron chi connectivity index (χ0n) is 15.1. The molecule has 4 rings (SSSR count). The standard InChI is InChI=1S/C20H23FN2O3S/c21-16-2-1-14-3-8-26-20(18(14)10-16)4-6-23(7-5-20)11-15(19(24)25)9-17-12-27-13-22-17/h1-2,10,12-13,15H,3-9,11H2,(H,24,25). The van der Waals surface area contributed by atoms with E-state index in [9.17, 15) is 14.3 Å². The van der Waals surface area contributed by atoms with Crippen molar-refractivity contribution in [1.82, 2.24) is 9.88 Å². The molecule has 144 valence electrons. The summed E-state index contributed by atoms with van der Waals surface area (Å²) in [5.74, 6) is -1.49. The molecule has 1 unspecified atom stereocenters. The molecule has 3 heterocycles. The Hall–Kier alpha value is -1.83. The van der Waals surface area contributed by atoms with Crippen LogP contribution in [0.5, 0.6) is 0 Å². The summed E-state index contributed by atoms with van der Waals surface area (Å²) in [5.41, 5.74) is 4.28. The molecule has 0 aliphatic carbocycles. The number of ether oxygens (including phenoxy) is 1. The minimum absolute atomic E-state index is 0.227. The Bertz CT molecular complexity index is 804. The van der Waals surface area contributed by atoms with Crippen LogP contribution in [0.3, 0.4) is 0 Å². The summed E-state index contributed by atoms with van der Waals surface area (Å²) in [7, 11) is 0. The van der Waals surface area contributed by atoms with E-state index >= 15 is 0 Å². The van der Waals surface area contributed by atoms with Gasteiger partial charge in [-0.1, -0.05) is 6.07 Å². The average Bonchev–Trinajstić information content (AvgIpc) is 3.17. The number of thiazole rings is 1. The van der Waals surface area contributed by atoms with Crippen molar-refractivity contribution in [3.63, 3.8) is 0 Å². The molecule has 1 aromatic heterocycles. The van der Waals surface area contributed by atoms with Gasteiger partial charge in [-0.05, 0) is 42.5 Å². The number of piperidine rings is 1. The molecule has 1 fully saturated rings. The molecule has 1 aromatic carbocycles. The van der Waals surface area contributed by atoms with Crippen molar-refractivity contribution in [3.8, 4) is 0 Å². The predicted molar refractivity (Wildman–Crippen MR) is 100 cm³/mol. The highest BCUT2D eigenvalue weighted by Crippen LogP contribution is 2.41. The molecule has 5 nitrogen and oxygen atoms in total. The first-order chi connectivity index (χ1) is 13.1. The number of halogens is 1. The lowest BCUT2D eigenvalue weighted by Gasteiger charge is -2.45. The lowest BCUT2D eigenvalue weighted by molar-refractivity contribution is -0.143. The minimum atomic E-state index is -0.787. The fourth-order valence-corrected chi connectivity index (χ4v) is 4.84. The Morgan fingerprint density at radius 3 is 2.93 bits per heavy atom. The van der Waals surface area contributed by atoms with Crippen LogP contribution in [0.25, 0.3) is 0 Å². The van der Waals surface area contributed by atoms with E-state index in [1.165, 1.54) is 23.0 Å². The number of fused-ring (bicyclic) bond motifs is 2. The molecule has 1 saturated heterocycles. The Balaban J connectivity index is 1.43. The molecule has 1 atom stereocenters. The highest BCUT2D eigenvalue weighted by molar-refractivity contribution is 7.07. The van der Waals surface area contributed by atoms with Crippen LogP contribution < -0.4 is 0 Å². The second-order valence-electron chi connectivity index (χ2n) is 7.41. The van der Waals surface area contributed by atoms with Gasteiger partial charge >= 0.3 is 5.97 Å². The van der Waals surface area contributed by atoms with Crippen LogP contribution in [-0.2, 0) is 28.0 Å². The molecule has 27 heavy (non-hydrogen) atoms. The lowest BCUT2D eigenvalue weighted by Crippen LogP contribution is -2.48. The number of hydrogen-bond donors (Lipinski definition) is 1. The third kappa shape index (κ3) is 3.90.